The summed E-state index contributed by atoms with van der Waals surface area (Å²) in [7, 11) is 0. The summed E-state index contributed by atoms with van der Waals surface area (Å²) < 4.78 is 13.2. The molecule has 100 valence electrons. The largest absolute Gasteiger partial charge is 0.314 e. The van der Waals surface area contributed by atoms with E-state index in [-0.39, 0.29) is 5.82 Å². The smallest absolute Gasteiger partial charge is 0.123 e. The van der Waals surface area contributed by atoms with Crippen molar-refractivity contribution in [2.75, 3.05) is 6.54 Å². The molecule has 0 aromatic heterocycles. The second-order valence-electron chi connectivity index (χ2n) is 5.68. The molecule has 1 nitrogen and oxygen atoms in total. The van der Waals surface area contributed by atoms with E-state index >= 15 is 0 Å². The minimum absolute atomic E-state index is 0.123. The minimum Gasteiger partial charge on any atom is -0.314 e. The van der Waals surface area contributed by atoms with Crippen molar-refractivity contribution in [1.29, 1.82) is 0 Å². The molecule has 1 aliphatic carbocycles. The molecular weight excluding hydrogens is 225 g/mol. The Morgan fingerprint density at radius 3 is 2.83 bits per heavy atom. The SMILES string of the molecule is CCNC(Cc1cccc(F)c1)C1CCC(C)C1. The fraction of sp³-hybridized carbons (Fsp3) is 0.625. The lowest BCUT2D eigenvalue weighted by Gasteiger charge is -2.24. The van der Waals surface area contributed by atoms with Gasteiger partial charge in [-0.3, -0.25) is 0 Å². The maximum absolute atomic E-state index is 13.2. The molecule has 3 unspecified atom stereocenters. The molecule has 2 rings (SSSR count). The molecule has 0 saturated heterocycles. The molecule has 1 aromatic rings. The van der Waals surface area contributed by atoms with E-state index in [0.29, 0.717) is 6.04 Å². The van der Waals surface area contributed by atoms with E-state index in [4.69, 9.17) is 0 Å². The van der Waals surface area contributed by atoms with Gasteiger partial charge in [-0.05, 0) is 55.3 Å². The third-order valence-electron chi connectivity index (χ3n) is 4.12. The number of nitrogens with one attached hydrogen (secondary N) is 1. The first-order chi connectivity index (χ1) is 8.69. The zero-order valence-electron chi connectivity index (χ0n) is 11.5. The van der Waals surface area contributed by atoms with E-state index in [2.05, 4.69) is 19.2 Å². The van der Waals surface area contributed by atoms with Crippen molar-refractivity contribution in [2.45, 2.75) is 45.6 Å². The third-order valence-corrected chi connectivity index (χ3v) is 4.12. The van der Waals surface area contributed by atoms with Crippen LogP contribution >= 0.6 is 0 Å². The van der Waals surface area contributed by atoms with Crippen molar-refractivity contribution in [1.82, 2.24) is 5.32 Å². The zero-order valence-corrected chi connectivity index (χ0v) is 11.5. The lowest BCUT2D eigenvalue weighted by Crippen LogP contribution is -2.37. The number of hydrogen-bond acceptors (Lipinski definition) is 1. The van der Waals surface area contributed by atoms with E-state index in [9.17, 15) is 4.39 Å². The number of benzene rings is 1. The first kappa shape index (κ1) is 13.5. The van der Waals surface area contributed by atoms with E-state index in [0.717, 1.165) is 30.4 Å². The highest BCUT2D eigenvalue weighted by atomic mass is 19.1. The average molecular weight is 249 g/mol. The van der Waals surface area contributed by atoms with Gasteiger partial charge < -0.3 is 5.32 Å². The summed E-state index contributed by atoms with van der Waals surface area (Å²) in [6, 6.07) is 7.53. The Hall–Kier alpha value is -0.890. The van der Waals surface area contributed by atoms with Crippen LogP contribution in [-0.4, -0.2) is 12.6 Å². The molecule has 0 radical (unpaired) electrons. The first-order valence-corrected chi connectivity index (χ1v) is 7.17. The molecule has 2 heteroatoms. The monoisotopic (exact) mass is 249 g/mol. The molecule has 1 aromatic carbocycles. The van der Waals surface area contributed by atoms with E-state index in [1.54, 1.807) is 6.07 Å². The zero-order chi connectivity index (χ0) is 13.0. The summed E-state index contributed by atoms with van der Waals surface area (Å²) in [4.78, 5) is 0. The van der Waals surface area contributed by atoms with Gasteiger partial charge in [0.25, 0.3) is 0 Å². The molecular formula is C16H24FN. The first-order valence-electron chi connectivity index (χ1n) is 7.17. The van der Waals surface area contributed by atoms with Gasteiger partial charge in [0.15, 0.2) is 0 Å². The van der Waals surface area contributed by atoms with Crippen LogP contribution in [0.3, 0.4) is 0 Å². The fourth-order valence-electron chi connectivity index (χ4n) is 3.20. The third kappa shape index (κ3) is 3.55. The topological polar surface area (TPSA) is 12.0 Å². The Bertz CT molecular complexity index is 377. The van der Waals surface area contributed by atoms with Gasteiger partial charge >= 0.3 is 0 Å². The van der Waals surface area contributed by atoms with Crippen LogP contribution in [0.5, 0.6) is 0 Å². The summed E-state index contributed by atoms with van der Waals surface area (Å²) in [5.74, 6) is 1.48. The second-order valence-corrected chi connectivity index (χ2v) is 5.68. The van der Waals surface area contributed by atoms with Crippen LogP contribution in [0.2, 0.25) is 0 Å². The van der Waals surface area contributed by atoms with Crippen LogP contribution in [0, 0.1) is 17.7 Å². The molecule has 1 aliphatic rings. The van der Waals surface area contributed by atoms with Crippen LogP contribution in [0.4, 0.5) is 4.39 Å². The molecule has 0 aliphatic heterocycles. The Labute approximate surface area is 110 Å². The summed E-state index contributed by atoms with van der Waals surface area (Å²) in [5.41, 5.74) is 1.11. The van der Waals surface area contributed by atoms with Gasteiger partial charge in [0.2, 0.25) is 0 Å². The Kier molecular flexibility index (Phi) is 4.76. The Balaban J connectivity index is 2.01. The van der Waals surface area contributed by atoms with Crippen LogP contribution in [0.15, 0.2) is 24.3 Å². The lowest BCUT2D eigenvalue weighted by atomic mass is 9.91. The highest BCUT2D eigenvalue weighted by Crippen LogP contribution is 2.33. The Morgan fingerprint density at radius 2 is 2.22 bits per heavy atom. The van der Waals surface area contributed by atoms with Crippen LogP contribution in [0.1, 0.15) is 38.7 Å². The van der Waals surface area contributed by atoms with Crippen molar-refractivity contribution in [3.8, 4) is 0 Å². The summed E-state index contributed by atoms with van der Waals surface area (Å²) in [6.45, 7) is 5.48. The highest BCUT2D eigenvalue weighted by molar-refractivity contribution is 5.17. The number of halogens is 1. The summed E-state index contributed by atoms with van der Waals surface area (Å²) in [5, 5.41) is 3.59. The molecule has 0 bridgehead atoms. The van der Waals surface area contributed by atoms with E-state index in [1.165, 1.54) is 25.3 Å². The van der Waals surface area contributed by atoms with E-state index < -0.39 is 0 Å². The minimum atomic E-state index is -0.123. The van der Waals surface area contributed by atoms with Gasteiger partial charge in [0.1, 0.15) is 5.82 Å². The fourth-order valence-corrected chi connectivity index (χ4v) is 3.20. The Morgan fingerprint density at radius 1 is 1.39 bits per heavy atom. The quantitative estimate of drug-likeness (QED) is 0.837. The molecule has 3 atom stereocenters. The van der Waals surface area contributed by atoms with Crippen LogP contribution < -0.4 is 5.32 Å². The van der Waals surface area contributed by atoms with Crippen molar-refractivity contribution < 1.29 is 4.39 Å². The van der Waals surface area contributed by atoms with Crippen molar-refractivity contribution in [2.24, 2.45) is 11.8 Å². The number of rotatable bonds is 5. The van der Waals surface area contributed by atoms with Crippen molar-refractivity contribution in [3.63, 3.8) is 0 Å². The molecule has 1 fully saturated rings. The molecule has 1 saturated carbocycles. The maximum atomic E-state index is 13.2. The second kappa shape index (κ2) is 6.33. The van der Waals surface area contributed by atoms with Crippen LogP contribution in [0.25, 0.3) is 0 Å². The molecule has 1 N–H and O–H groups in total. The van der Waals surface area contributed by atoms with Crippen LogP contribution in [-0.2, 0) is 6.42 Å². The predicted molar refractivity (Wildman–Crippen MR) is 74.1 cm³/mol. The van der Waals surface area contributed by atoms with Gasteiger partial charge in [-0.2, -0.15) is 0 Å². The number of hydrogen-bond donors (Lipinski definition) is 1. The van der Waals surface area contributed by atoms with Crippen molar-refractivity contribution in [3.05, 3.63) is 35.6 Å². The molecule has 18 heavy (non-hydrogen) atoms. The number of likely N-dealkylation sites (N-methyl/N-ethyl adjacent to an activating group) is 1. The van der Waals surface area contributed by atoms with Gasteiger partial charge in [-0.15, -0.1) is 0 Å². The van der Waals surface area contributed by atoms with Gasteiger partial charge in [0, 0.05) is 6.04 Å². The van der Waals surface area contributed by atoms with Gasteiger partial charge in [-0.1, -0.05) is 32.4 Å². The molecule has 0 heterocycles. The maximum Gasteiger partial charge on any atom is 0.123 e. The molecule has 0 spiro atoms. The predicted octanol–water partition coefficient (Wildman–Crippen LogP) is 3.78. The van der Waals surface area contributed by atoms with Crippen molar-refractivity contribution >= 4 is 0 Å². The van der Waals surface area contributed by atoms with Gasteiger partial charge in [0.05, 0.1) is 0 Å². The summed E-state index contributed by atoms with van der Waals surface area (Å²) >= 11 is 0. The highest BCUT2D eigenvalue weighted by Gasteiger charge is 2.28. The summed E-state index contributed by atoms with van der Waals surface area (Å²) in [6.07, 6.45) is 4.92. The lowest BCUT2D eigenvalue weighted by molar-refractivity contribution is 0.353. The average Bonchev–Trinajstić information content (AvgIpc) is 2.75. The van der Waals surface area contributed by atoms with E-state index in [1.807, 2.05) is 12.1 Å². The molecule has 0 amide bonds. The standard InChI is InChI=1S/C16H24FN/c1-3-18-16(14-8-7-12(2)9-14)11-13-5-4-6-15(17)10-13/h4-6,10,12,14,16,18H,3,7-9,11H2,1-2H3. The normalized spacial score (nSPS) is 25.3. The van der Waals surface area contributed by atoms with Gasteiger partial charge in [-0.25, -0.2) is 4.39 Å².